The third-order valence-corrected chi connectivity index (χ3v) is 2.41. The molecular weight excluding hydrogens is 180 g/mol. The van der Waals surface area contributed by atoms with Crippen LogP contribution in [0.4, 0.5) is 0 Å². The molecule has 2 atom stereocenters. The fourth-order valence-electron chi connectivity index (χ4n) is 1.32. The summed E-state index contributed by atoms with van der Waals surface area (Å²) >= 11 is 0. The molecule has 0 saturated heterocycles. The van der Waals surface area contributed by atoms with E-state index in [9.17, 15) is 4.79 Å². The quantitative estimate of drug-likeness (QED) is 0.637. The van der Waals surface area contributed by atoms with E-state index in [4.69, 9.17) is 10.5 Å². The Morgan fingerprint density at radius 3 is 2.57 bits per heavy atom. The minimum absolute atomic E-state index is 0.0249. The Bertz CT molecular complexity index is 185. The van der Waals surface area contributed by atoms with Gasteiger partial charge in [-0.3, -0.25) is 4.79 Å². The maximum Gasteiger partial charge on any atom is 0.237 e. The molecular formula is C10H22N2O2. The van der Waals surface area contributed by atoms with Gasteiger partial charge in [-0.2, -0.15) is 0 Å². The van der Waals surface area contributed by atoms with Crippen molar-refractivity contribution in [1.82, 2.24) is 5.32 Å². The van der Waals surface area contributed by atoms with Gasteiger partial charge < -0.3 is 15.8 Å². The van der Waals surface area contributed by atoms with Crippen LogP contribution in [-0.2, 0) is 9.53 Å². The SMILES string of the molecule is CCCNC(C)(CC(C)OC)C(N)=O. The molecule has 0 saturated carbocycles. The highest BCUT2D eigenvalue weighted by molar-refractivity contribution is 5.84. The highest BCUT2D eigenvalue weighted by Gasteiger charge is 2.31. The summed E-state index contributed by atoms with van der Waals surface area (Å²) in [6, 6.07) is 0. The Hall–Kier alpha value is -0.610. The molecule has 4 heteroatoms. The molecule has 3 N–H and O–H groups in total. The zero-order chi connectivity index (χ0) is 11.2. The van der Waals surface area contributed by atoms with Crippen molar-refractivity contribution in [2.75, 3.05) is 13.7 Å². The molecule has 0 fully saturated rings. The largest absolute Gasteiger partial charge is 0.382 e. The van der Waals surface area contributed by atoms with E-state index in [2.05, 4.69) is 5.32 Å². The molecule has 0 aliphatic heterocycles. The summed E-state index contributed by atoms with van der Waals surface area (Å²) in [4.78, 5) is 11.3. The Morgan fingerprint density at radius 2 is 2.21 bits per heavy atom. The van der Waals surface area contributed by atoms with E-state index < -0.39 is 5.54 Å². The Labute approximate surface area is 86.2 Å². The molecule has 0 heterocycles. The number of ether oxygens (including phenoxy) is 1. The summed E-state index contributed by atoms with van der Waals surface area (Å²) in [5.74, 6) is -0.324. The Morgan fingerprint density at radius 1 is 1.64 bits per heavy atom. The van der Waals surface area contributed by atoms with E-state index in [0.29, 0.717) is 6.42 Å². The molecule has 84 valence electrons. The second kappa shape index (κ2) is 5.98. The fraction of sp³-hybridized carbons (Fsp3) is 0.900. The van der Waals surface area contributed by atoms with Gasteiger partial charge in [-0.1, -0.05) is 6.92 Å². The van der Waals surface area contributed by atoms with Crippen LogP contribution in [0.2, 0.25) is 0 Å². The number of carbonyl (C=O) groups is 1. The molecule has 14 heavy (non-hydrogen) atoms. The van der Waals surface area contributed by atoms with Gasteiger partial charge >= 0.3 is 0 Å². The second-order valence-corrected chi connectivity index (χ2v) is 3.87. The number of rotatable bonds is 7. The monoisotopic (exact) mass is 202 g/mol. The predicted molar refractivity (Wildman–Crippen MR) is 57.0 cm³/mol. The molecule has 1 amide bonds. The highest BCUT2D eigenvalue weighted by Crippen LogP contribution is 2.13. The molecule has 2 unspecified atom stereocenters. The van der Waals surface area contributed by atoms with Gasteiger partial charge in [0.15, 0.2) is 0 Å². The molecule has 0 aliphatic carbocycles. The third kappa shape index (κ3) is 4.07. The Balaban J connectivity index is 4.31. The van der Waals surface area contributed by atoms with Crippen molar-refractivity contribution >= 4 is 5.91 Å². The maximum atomic E-state index is 11.3. The topological polar surface area (TPSA) is 64.3 Å². The lowest BCUT2D eigenvalue weighted by Crippen LogP contribution is -2.55. The van der Waals surface area contributed by atoms with Gasteiger partial charge in [0.05, 0.1) is 11.6 Å². The van der Waals surface area contributed by atoms with Crippen LogP contribution >= 0.6 is 0 Å². The van der Waals surface area contributed by atoms with Crippen molar-refractivity contribution in [3.05, 3.63) is 0 Å². The summed E-state index contributed by atoms with van der Waals surface area (Å²) in [6.07, 6.45) is 1.60. The first-order chi connectivity index (χ1) is 6.46. The summed E-state index contributed by atoms with van der Waals surface area (Å²) in [5, 5.41) is 3.16. The zero-order valence-corrected chi connectivity index (χ0v) is 9.59. The van der Waals surface area contributed by atoms with Crippen LogP contribution in [-0.4, -0.2) is 31.2 Å². The van der Waals surface area contributed by atoms with Gasteiger partial charge in [0.1, 0.15) is 0 Å². The van der Waals surface area contributed by atoms with Gasteiger partial charge in [0.2, 0.25) is 5.91 Å². The molecule has 4 nitrogen and oxygen atoms in total. The summed E-state index contributed by atoms with van der Waals surface area (Å²) in [5.41, 5.74) is 4.70. The van der Waals surface area contributed by atoms with Gasteiger partial charge in [0.25, 0.3) is 0 Å². The second-order valence-electron chi connectivity index (χ2n) is 3.87. The van der Waals surface area contributed by atoms with Crippen molar-refractivity contribution in [2.24, 2.45) is 5.73 Å². The van der Waals surface area contributed by atoms with E-state index in [1.807, 2.05) is 20.8 Å². The summed E-state index contributed by atoms with van der Waals surface area (Å²) in [6.45, 7) is 6.58. The number of nitrogens with two attached hydrogens (primary N) is 1. The van der Waals surface area contributed by atoms with Crippen LogP contribution in [0.25, 0.3) is 0 Å². The van der Waals surface area contributed by atoms with Crippen molar-refractivity contribution in [1.29, 1.82) is 0 Å². The van der Waals surface area contributed by atoms with Crippen LogP contribution in [0.1, 0.15) is 33.6 Å². The minimum atomic E-state index is -0.661. The number of methoxy groups -OCH3 is 1. The highest BCUT2D eigenvalue weighted by atomic mass is 16.5. The smallest absolute Gasteiger partial charge is 0.237 e. The van der Waals surface area contributed by atoms with Crippen LogP contribution in [0.15, 0.2) is 0 Å². The number of primary amides is 1. The lowest BCUT2D eigenvalue weighted by molar-refractivity contribution is -0.125. The lowest BCUT2D eigenvalue weighted by atomic mass is 9.93. The molecule has 0 rings (SSSR count). The van der Waals surface area contributed by atoms with E-state index in [-0.39, 0.29) is 12.0 Å². The van der Waals surface area contributed by atoms with Crippen molar-refractivity contribution in [3.8, 4) is 0 Å². The van der Waals surface area contributed by atoms with E-state index >= 15 is 0 Å². The zero-order valence-electron chi connectivity index (χ0n) is 9.59. The molecule has 0 aromatic carbocycles. The first-order valence-corrected chi connectivity index (χ1v) is 5.04. The van der Waals surface area contributed by atoms with E-state index in [1.54, 1.807) is 7.11 Å². The van der Waals surface area contributed by atoms with Crippen molar-refractivity contribution in [2.45, 2.75) is 45.3 Å². The summed E-state index contributed by atoms with van der Waals surface area (Å²) in [7, 11) is 1.63. The fourth-order valence-corrected chi connectivity index (χ4v) is 1.32. The van der Waals surface area contributed by atoms with E-state index in [0.717, 1.165) is 13.0 Å². The predicted octanol–water partition coefficient (Wildman–Crippen LogP) is 0.655. The average molecular weight is 202 g/mol. The number of amides is 1. The normalized spacial score (nSPS) is 17.4. The molecule has 0 spiro atoms. The number of hydrogen-bond donors (Lipinski definition) is 2. The molecule has 0 aromatic heterocycles. The van der Waals surface area contributed by atoms with E-state index in [1.165, 1.54) is 0 Å². The molecule has 0 radical (unpaired) electrons. The number of hydrogen-bond acceptors (Lipinski definition) is 3. The van der Waals surface area contributed by atoms with Crippen molar-refractivity contribution < 1.29 is 9.53 Å². The van der Waals surface area contributed by atoms with Crippen LogP contribution < -0.4 is 11.1 Å². The Kier molecular flexibility index (Phi) is 5.72. The van der Waals surface area contributed by atoms with Gasteiger partial charge in [-0.05, 0) is 26.8 Å². The first kappa shape index (κ1) is 13.4. The standard InChI is InChI=1S/C10H22N2O2/c1-5-6-12-10(3,9(11)13)7-8(2)14-4/h8,12H,5-7H2,1-4H3,(H2,11,13). The minimum Gasteiger partial charge on any atom is -0.382 e. The average Bonchev–Trinajstić information content (AvgIpc) is 2.14. The van der Waals surface area contributed by atoms with Gasteiger partial charge in [0, 0.05) is 13.5 Å². The van der Waals surface area contributed by atoms with Gasteiger partial charge in [-0.25, -0.2) is 0 Å². The number of carbonyl (C=O) groups excluding carboxylic acids is 1. The molecule has 0 bridgehead atoms. The molecule has 0 aromatic rings. The van der Waals surface area contributed by atoms with Crippen LogP contribution in [0.5, 0.6) is 0 Å². The third-order valence-electron chi connectivity index (χ3n) is 2.41. The number of nitrogens with one attached hydrogen (secondary N) is 1. The maximum absolute atomic E-state index is 11.3. The summed E-state index contributed by atoms with van der Waals surface area (Å²) < 4.78 is 5.13. The van der Waals surface area contributed by atoms with Crippen molar-refractivity contribution in [3.63, 3.8) is 0 Å². The first-order valence-electron chi connectivity index (χ1n) is 5.04. The molecule has 0 aliphatic rings. The van der Waals surface area contributed by atoms with Crippen LogP contribution in [0.3, 0.4) is 0 Å². The lowest BCUT2D eigenvalue weighted by Gasteiger charge is -2.29. The van der Waals surface area contributed by atoms with Crippen LogP contribution in [0, 0.1) is 0 Å². The van der Waals surface area contributed by atoms with Gasteiger partial charge in [-0.15, -0.1) is 0 Å².